The van der Waals surface area contributed by atoms with E-state index in [1.165, 1.54) is 24.6 Å². The van der Waals surface area contributed by atoms with Gasteiger partial charge in [0.1, 0.15) is 12.2 Å². The van der Waals surface area contributed by atoms with Crippen LogP contribution in [-0.2, 0) is 9.47 Å². The molecule has 3 rings (SSSR count). The Balaban J connectivity index is 0.00000432. The highest BCUT2D eigenvalue weighted by Gasteiger charge is 2.41. The summed E-state index contributed by atoms with van der Waals surface area (Å²) in [5.41, 5.74) is 2.83. The number of hydrogen-bond donors (Lipinski definition) is 0. The molecule has 9 heteroatoms. The molecule has 2 atom stereocenters. The number of likely N-dealkylation sites (N-methyl/N-ethyl adjacent to an activating group) is 1. The van der Waals surface area contributed by atoms with Crippen molar-refractivity contribution in [2.24, 2.45) is 0 Å². The lowest BCUT2D eigenvalue weighted by atomic mass is 10.0. The van der Waals surface area contributed by atoms with Gasteiger partial charge in [-0.05, 0) is 25.0 Å². The van der Waals surface area contributed by atoms with E-state index in [-0.39, 0.29) is 24.0 Å². The first-order valence-corrected chi connectivity index (χ1v) is 13.2. The minimum absolute atomic E-state index is 0. The number of carbonyl (C=O) groups is 1. The molecule has 1 aromatic heterocycles. The van der Waals surface area contributed by atoms with Gasteiger partial charge in [0, 0.05) is 12.0 Å². The van der Waals surface area contributed by atoms with Crippen molar-refractivity contribution in [3.05, 3.63) is 47.7 Å². The lowest BCUT2D eigenvalue weighted by Crippen LogP contribution is -3.00. The molecular weight excluding hydrogens is 577 g/mol. The topological polar surface area (TPSA) is 70.5 Å². The molecule has 7 nitrogen and oxygen atoms in total. The van der Waals surface area contributed by atoms with Gasteiger partial charge in [0.25, 0.3) is 12.1 Å². The highest BCUT2D eigenvalue weighted by molar-refractivity contribution is 6.99. The first-order chi connectivity index (χ1) is 16.6. The fourth-order valence-corrected chi connectivity index (χ4v) is 4.74. The summed E-state index contributed by atoms with van der Waals surface area (Å²) in [6.07, 6.45) is 8.32. The average molecular weight is 616 g/mol. The third kappa shape index (κ3) is 8.71. The zero-order valence-corrected chi connectivity index (χ0v) is 24.1. The van der Waals surface area contributed by atoms with E-state index >= 15 is 0 Å². The largest absolute Gasteiger partial charge is 1.00 e. The van der Waals surface area contributed by atoms with E-state index in [2.05, 4.69) is 35.7 Å². The number of unbranched alkanes of at least 4 members (excludes halogenated alkanes) is 4. The second-order valence-electron chi connectivity index (χ2n) is 9.04. The van der Waals surface area contributed by atoms with Gasteiger partial charge in [-0.3, -0.25) is 4.48 Å². The van der Waals surface area contributed by atoms with E-state index in [9.17, 15) is 4.79 Å². The van der Waals surface area contributed by atoms with Crippen molar-refractivity contribution < 1.29 is 47.5 Å². The predicted octanol–water partition coefficient (Wildman–Crippen LogP) is 3.39. The standard InChI is InChI=1S/C26H38N3O4S.HI/c1-4-6-8-12-19-31-24-23(27-34-28-24)22-16-13-17-29(3,20-22)25(21-14-10-9-11-15-21)33-26(30)32-18-7-5-2;/h9-11,14-16,25H,4-8,12-13,17-20H2,1-3H3;1H/q+1;/p-1. The summed E-state index contributed by atoms with van der Waals surface area (Å²) in [6.45, 7) is 6.76. The van der Waals surface area contributed by atoms with Gasteiger partial charge in [-0.25, -0.2) is 4.79 Å². The molecule has 2 aromatic rings. The van der Waals surface area contributed by atoms with Crippen molar-refractivity contribution in [1.29, 1.82) is 0 Å². The van der Waals surface area contributed by atoms with Gasteiger partial charge in [0.15, 0.2) is 0 Å². The number of ether oxygens (including phenoxy) is 3. The van der Waals surface area contributed by atoms with E-state index in [1.807, 2.05) is 30.3 Å². The number of nitrogens with zero attached hydrogens (tertiary/aromatic N) is 3. The second-order valence-corrected chi connectivity index (χ2v) is 9.57. The monoisotopic (exact) mass is 615 g/mol. The van der Waals surface area contributed by atoms with E-state index in [0.717, 1.165) is 55.5 Å². The molecule has 0 fully saturated rings. The van der Waals surface area contributed by atoms with Crippen molar-refractivity contribution >= 4 is 23.5 Å². The van der Waals surface area contributed by atoms with Crippen LogP contribution in [0.4, 0.5) is 4.79 Å². The van der Waals surface area contributed by atoms with Crippen molar-refractivity contribution in [1.82, 2.24) is 8.75 Å². The van der Waals surface area contributed by atoms with Crippen molar-refractivity contribution in [3.8, 4) is 5.88 Å². The molecule has 0 saturated carbocycles. The van der Waals surface area contributed by atoms with Gasteiger partial charge < -0.3 is 38.2 Å². The molecule has 2 unspecified atom stereocenters. The van der Waals surface area contributed by atoms with E-state index in [4.69, 9.17) is 14.2 Å². The van der Waals surface area contributed by atoms with Crippen LogP contribution in [0.2, 0.25) is 0 Å². The van der Waals surface area contributed by atoms with Crippen LogP contribution in [0, 0.1) is 0 Å². The van der Waals surface area contributed by atoms with Crippen LogP contribution in [0.3, 0.4) is 0 Å². The van der Waals surface area contributed by atoms with Gasteiger partial charge in [-0.1, -0.05) is 63.8 Å². The third-order valence-corrected chi connectivity index (χ3v) is 6.65. The summed E-state index contributed by atoms with van der Waals surface area (Å²) < 4.78 is 26.7. The van der Waals surface area contributed by atoms with Crippen LogP contribution in [0.15, 0.2) is 36.4 Å². The SMILES string of the molecule is CCCCCCOc1nsnc1C1=CCC[N+](C)(C(OC(=O)OCCCC)c2ccccc2)C1.[I-]. The van der Waals surface area contributed by atoms with Gasteiger partial charge >= 0.3 is 6.16 Å². The number of benzene rings is 1. The Morgan fingerprint density at radius 2 is 1.83 bits per heavy atom. The van der Waals surface area contributed by atoms with E-state index in [1.54, 1.807) is 0 Å². The minimum Gasteiger partial charge on any atom is -1.00 e. The Morgan fingerprint density at radius 3 is 2.57 bits per heavy atom. The van der Waals surface area contributed by atoms with E-state index < -0.39 is 12.4 Å². The summed E-state index contributed by atoms with van der Waals surface area (Å²) in [4.78, 5) is 12.5. The molecule has 0 amide bonds. The van der Waals surface area contributed by atoms with Gasteiger partial charge in [0.05, 0.1) is 44.1 Å². The highest BCUT2D eigenvalue weighted by atomic mass is 127. The summed E-state index contributed by atoms with van der Waals surface area (Å²) in [7, 11) is 2.12. The summed E-state index contributed by atoms with van der Waals surface area (Å²) >= 11 is 1.18. The first-order valence-electron chi connectivity index (χ1n) is 12.4. The average Bonchev–Trinajstić information content (AvgIpc) is 3.32. The lowest BCUT2D eigenvalue weighted by molar-refractivity contribution is -0.953. The van der Waals surface area contributed by atoms with Crippen molar-refractivity contribution in [2.45, 2.75) is 65.0 Å². The Kier molecular flexibility index (Phi) is 13.0. The number of aromatic nitrogens is 2. The third-order valence-electron chi connectivity index (χ3n) is 6.14. The number of carbonyl (C=O) groups excluding carboxylic acids is 1. The number of rotatable bonds is 13. The molecule has 0 spiro atoms. The molecule has 0 saturated heterocycles. The Bertz CT molecular complexity index is 924. The van der Waals surface area contributed by atoms with Crippen LogP contribution in [0.1, 0.15) is 76.3 Å². The Morgan fingerprint density at radius 1 is 1.06 bits per heavy atom. The summed E-state index contributed by atoms with van der Waals surface area (Å²) in [5, 5.41) is 0. The predicted molar refractivity (Wildman–Crippen MR) is 135 cm³/mol. The zero-order valence-electron chi connectivity index (χ0n) is 21.1. The zero-order chi connectivity index (χ0) is 24.2. The fraction of sp³-hybridized carbons (Fsp3) is 0.577. The number of hydrogen-bond acceptors (Lipinski definition) is 7. The van der Waals surface area contributed by atoms with Crippen LogP contribution in [0.25, 0.3) is 5.57 Å². The Labute approximate surface area is 230 Å². The van der Waals surface area contributed by atoms with Crippen LogP contribution >= 0.6 is 11.7 Å². The van der Waals surface area contributed by atoms with E-state index in [0.29, 0.717) is 30.1 Å². The molecule has 2 heterocycles. The second kappa shape index (κ2) is 15.4. The van der Waals surface area contributed by atoms with Gasteiger partial charge in [-0.2, -0.15) is 4.37 Å². The molecule has 194 valence electrons. The Hall–Kier alpha value is -1.72. The molecule has 1 aliphatic rings. The molecule has 0 N–H and O–H groups in total. The van der Waals surface area contributed by atoms with Crippen molar-refractivity contribution in [2.75, 3.05) is 33.4 Å². The lowest BCUT2D eigenvalue weighted by Gasteiger charge is -2.42. The number of quaternary nitrogens is 1. The van der Waals surface area contributed by atoms with Crippen molar-refractivity contribution in [3.63, 3.8) is 0 Å². The quantitative estimate of drug-likeness (QED) is 0.149. The molecule has 0 bridgehead atoms. The molecule has 0 radical (unpaired) electrons. The van der Waals surface area contributed by atoms with Gasteiger partial charge in [-0.15, -0.1) is 4.37 Å². The highest BCUT2D eigenvalue weighted by Crippen LogP contribution is 2.37. The maximum atomic E-state index is 12.5. The van der Waals surface area contributed by atoms with Crippen LogP contribution < -0.4 is 28.7 Å². The smallest absolute Gasteiger partial charge is 0.513 e. The molecule has 35 heavy (non-hydrogen) atoms. The molecule has 0 aliphatic carbocycles. The first kappa shape index (κ1) is 29.5. The maximum absolute atomic E-state index is 12.5. The minimum atomic E-state index is -0.621. The molecule has 1 aliphatic heterocycles. The van der Waals surface area contributed by atoms with Gasteiger partial charge in [0.2, 0.25) is 0 Å². The molecule has 1 aromatic carbocycles. The summed E-state index contributed by atoms with van der Waals surface area (Å²) in [5.74, 6) is 0.609. The van der Waals surface area contributed by atoms with Crippen LogP contribution in [0.5, 0.6) is 5.88 Å². The maximum Gasteiger partial charge on any atom is 0.513 e. The fourth-order valence-electron chi connectivity index (χ4n) is 4.20. The number of halogens is 1. The molecular formula is C26H38IN3O4S. The normalized spacial score (nSPS) is 18.2. The summed E-state index contributed by atoms with van der Waals surface area (Å²) in [6, 6.07) is 9.90. The van der Waals surface area contributed by atoms with Crippen LogP contribution in [-0.4, -0.2) is 52.7 Å².